The average Bonchev–Trinajstić information content (AvgIpc) is 1.64. The van der Waals surface area contributed by atoms with Gasteiger partial charge in [0.1, 0.15) is 32.0 Å². The van der Waals surface area contributed by atoms with Crippen LogP contribution in [0, 0.1) is 0 Å². The van der Waals surface area contributed by atoms with E-state index in [0.717, 1.165) is 19.3 Å². The van der Waals surface area contributed by atoms with Gasteiger partial charge in [0, 0.05) is 6.42 Å². The van der Waals surface area contributed by atoms with E-state index in [4.69, 9.17) is 52.1 Å². The number of carbonyl (C=O) groups excluding carboxylic acids is 8. The number of ether oxygens (including phenoxy) is 11. The summed E-state index contributed by atoms with van der Waals surface area (Å²) in [4.78, 5) is 117. The van der Waals surface area contributed by atoms with E-state index < -0.39 is 288 Å². The minimum absolute atomic E-state index is 0.0441. The highest BCUT2D eigenvalue weighted by Gasteiger charge is 2.66. The highest BCUT2D eigenvalue weighted by atomic mass is 16.8. The van der Waals surface area contributed by atoms with Crippen molar-refractivity contribution in [2.24, 2.45) is 0 Å². The molecular weight excluding hydrogens is 1490 g/mol. The molecule has 40 heteroatoms. The van der Waals surface area contributed by atoms with E-state index in [1.165, 1.54) is 0 Å². The Hall–Kier alpha value is -14.0. The highest BCUT2D eigenvalue weighted by Crippen LogP contribution is 2.47. The van der Waals surface area contributed by atoms with Crippen LogP contribution in [-0.2, 0) is 56.9 Å². The SMILES string of the molecule is CCCCCCCCCC(=O)OC[C@@]1(O[C@H]2O[C@H](COC(=O)c3cc(O)c(O)c(O)c3)[C@@H](OC(=O)c3cc(O)c(O)c(O)c3)[C@H](OC(=O)c3cc(O)c(O)c(O)c3)[C@H]2OC(=O)c2cc(O)c(O)c(O)c2)O[C@H](COC(=O)c2cc(O)c(O)c(O)c2)[C@@H](OC(=O)c2cc(O)c(O)c(O)c2)[C@@H]1OC(=O)c1cc(O)c(O)c(O)c1. The molecule has 2 aliphatic heterocycles. The second kappa shape index (κ2) is 33.8. The van der Waals surface area contributed by atoms with E-state index in [9.17, 15) is 136 Å². The predicted octanol–water partition coefficient (Wildman–Crippen LogP) is 5.17. The molecule has 0 aliphatic carbocycles. The fourth-order valence-electron chi connectivity index (χ4n) is 11.2. The van der Waals surface area contributed by atoms with Crippen LogP contribution >= 0.6 is 0 Å². The molecular formula is C71H68O40. The smallest absolute Gasteiger partial charge is 0.339 e. The van der Waals surface area contributed by atoms with Gasteiger partial charge in [0.25, 0.3) is 0 Å². The minimum Gasteiger partial charge on any atom is -0.504 e. The number of unbranched alkanes of at least 4 members (excludes halogenated alkanes) is 6. The molecule has 2 fully saturated rings. The molecule has 0 radical (unpaired) electrons. The number of rotatable bonds is 28. The van der Waals surface area contributed by atoms with Crippen LogP contribution in [0.3, 0.4) is 0 Å². The van der Waals surface area contributed by atoms with Gasteiger partial charge in [-0.1, -0.05) is 45.4 Å². The molecule has 111 heavy (non-hydrogen) atoms. The first-order valence-electron chi connectivity index (χ1n) is 32.7. The first-order chi connectivity index (χ1) is 52.4. The number of carbonyl (C=O) groups is 8. The molecule has 592 valence electrons. The number of phenolic OH excluding ortho intramolecular Hbond substituents is 21. The van der Waals surface area contributed by atoms with Gasteiger partial charge in [-0.3, -0.25) is 4.79 Å². The Labute approximate surface area is 621 Å². The Balaban J connectivity index is 1.32. The van der Waals surface area contributed by atoms with E-state index in [2.05, 4.69) is 0 Å². The largest absolute Gasteiger partial charge is 0.504 e. The van der Waals surface area contributed by atoms with Crippen LogP contribution in [0.2, 0.25) is 0 Å². The zero-order chi connectivity index (χ0) is 81.4. The van der Waals surface area contributed by atoms with Crippen LogP contribution in [-0.4, -0.2) is 230 Å². The van der Waals surface area contributed by atoms with E-state index in [1.54, 1.807) is 0 Å². The lowest BCUT2D eigenvalue weighted by atomic mass is 9.97. The Morgan fingerprint density at radius 3 is 0.919 bits per heavy atom. The fraction of sp³-hybridized carbons (Fsp3) is 0.296. The lowest BCUT2D eigenvalue weighted by Crippen LogP contribution is -2.66. The van der Waals surface area contributed by atoms with Gasteiger partial charge < -0.3 is 159 Å². The minimum atomic E-state index is -3.65. The van der Waals surface area contributed by atoms with Gasteiger partial charge in [-0.2, -0.15) is 0 Å². The second-order valence-electron chi connectivity index (χ2n) is 24.7. The molecule has 9 atom stereocenters. The van der Waals surface area contributed by atoms with Crippen molar-refractivity contribution in [2.45, 2.75) is 113 Å². The maximum absolute atomic E-state index is 15.0. The maximum Gasteiger partial charge on any atom is 0.339 e. The first kappa shape index (κ1) is 81.1. The van der Waals surface area contributed by atoms with Crippen molar-refractivity contribution in [3.05, 3.63) is 124 Å². The number of phenols is 21. The highest BCUT2D eigenvalue weighted by molar-refractivity contribution is 5.96. The van der Waals surface area contributed by atoms with Crippen LogP contribution in [0.25, 0.3) is 0 Å². The molecule has 2 heterocycles. The molecule has 7 aromatic carbocycles. The van der Waals surface area contributed by atoms with Gasteiger partial charge in [0.05, 0.1) is 38.9 Å². The van der Waals surface area contributed by atoms with E-state index in [1.807, 2.05) is 6.92 Å². The summed E-state index contributed by atoms with van der Waals surface area (Å²) in [5, 5.41) is 221. The van der Waals surface area contributed by atoms with Crippen molar-refractivity contribution in [1.29, 1.82) is 0 Å². The normalized spacial score (nSPS) is 19.2. The second-order valence-corrected chi connectivity index (χ2v) is 24.7. The van der Waals surface area contributed by atoms with Gasteiger partial charge in [0.15, 0.2) is 151 Å². The van der Waals surface area contributed by atoms with Crippen LogP contribution < -0.4 is 0 Å². The molecule has 2 saturated heterocycles. The molecule has 0 bridgehead atoms. The van der Waals surface area contributed by atoms with E-state index in [-0.39, 0.29) is 6.42 Å². The maximum atomic E-state index is 15.0. The van der Waals surface area contributed by atoms with Crippen molar-refractivity contribution in [1.82, 2.24) is 0 Å². The summed E-state index contributed by atoms with van der Waals surface area (Å²) in [6.07, 6.45) is -18.8. The third kappa shape index (κ3) is 18.3. The van der Waals surface area contributed by atoms with Gasteiger partial charge in [-0.15, -0.1) is 0 Å². The molecule has 7 aromatic rings. The van der Waals surface area contributed by atoms with Crippen molar-refractivity contribution in [3.8, 4) is 121 Å². The Bertz CT molecular complexity index is 4600. The summed E-state index contributed by atoms with van der Waals surface area (Å²) in [6.45, 7) is -2.75. The molecule has 0 aromatic heterocycles. The average molecular weight is 1560 g/mol. The predicted molar refractivity (Wildman–Crippen MR) is 358 cm³/mol. The zero-order valence-electron chi connectivity index (χ0n) is 57.1. The van der Waals surface area contributed by atoms with Gasteiger partial charge in [-0.05, 0) is 91.3 Å². The molecule has 0 amide bonds. The topological polar surface area (TPSA) is 663 Å². The van der Waals surface area contributed by atoms with Crippen LogP contribution in [0.5, 0.6) is 121 Å². The number of aromatic hydroxyl groups is 21. The molecule has 21 N–H and O–H groups in total. The molecule has 9 rings (SSSR count). The quantitative estimate of drug-likeness (QED) is 0.0130. The molecule has 0 unspecified atom stereocenters. The fourth-order valence-corrected chi connectivity index (χ4v) is 11.2. The summed E-state index contributed by atoms with van der Waals surface area (Å²) < 4.78 is 66.1. The lowest BCUT2D eigenvalue weighted by Gasteiger charge is -2.46. The van der Waals surface area contributed by atoms with Crippen molar-refractivity contribution in [2.75, 3.05) is 19.8 Å². The van der Waals surface area contributed by atoms with Crippen molar-refractivity contribution in [3.63, 3.8) is 0 Å². The summed E-state index contributed by atoms with van der Waals surface area (Å²) in [7, 11) is 0. The number of esters is 8. The van der Waals surface area contributed by atoms with Gasteiger partial charge in [-0.25, -0.2) is 33.6 Å². The monoisotopic (exact) mass is 1560 g/mol. The standard InChI is InChI=1S/C71H68O40/c1-2-3-4-5-6-7-8-9-50(86)103-26-71(62(109-69(100)33-22-46(84)57(93)47(85)23-33)59(106-66(97)30-16-40(78)54(90)41(79)17-30)49(110-71)25-102-64(95)28-12-36(74)52(88)37(75)13-28)111-70-61(108-68(99)32-20-44(82)56(92)45(83)21-32)60(107-67(98)31-18-42(80)55(91)43(81)19-31)58(105-65(96)29-14-38(76)53(89)39(77)15-29)48(104-70)24-101-63(94)27-10-34(72)51(87)35(73)11-27/h10-23,48-49,58-62,70,72-85,87-93H,2-9,24-26H2,1H3/t48-,49-,58-,59-,60+,61-,62+,70-,71+/m1/s1. The first-order valence-corrected chi connectivity index (χ1v) is 32.7. The molecule has 40 nitrogen and oxygen atoms in total. The lowest BCUT2D eigenvalue weighted by molar-refractivity contribution is -0.381. The molecule has 0 saturated carbocycles. The summed E-state index contributed by atoms with van der Waals surface area (Å²) >= 11 is 0. The van der Waals surface area contributed by atoms with Crippen LogP contribution in [0.4, 0.5) is 0 Å². The zero-order valence-corrected chi connectivity index (χ0v) is 57.1. The summed E-state index contributed by atoms with van der Waals surface area (Å²) in [5.74, 6) is -43.2. The summed E-state index contributed by atoms with van der Waals surface area (Å²) in [5.41, 5.74) is -6.58. The molecule has 2 aliphatic rings. The van der Waals surface area contributed by atoms with E-state index >= 15 is 9.59 Å². The Kier molecular flexibility index (Phi) is 24.7. The molecule has 0 spiro atoms. The number of hydrogen-bond donors (Lipinski definition) is 21. The number of hydrogen-bond acceptors (Lipinski definition) is 40. The van der Waals surface area contributed by atoms with E-state index in [0.29, 0.717) is 104 Å². The number of benzene rings is 7. The Morgan fingerprint density at radius 1 is 0.315 bits per heavy atom. The van der Waals surface area contributed by atoms with Gasteiger partial charge in [0.2, 0.25) is 12.1 Å². The third-order valence-corrected chi connectivity index (χ3v) is 16.9. The van der Waals surface area contributed by atoms with Crippen LogP contribution in [0.15, 0.2) is 84.9 Å². The van der Waals surface area contributed by atoms with Crippen molar-refractivity contribution >= 4 is 47.8 Å². The summed E-state index contributed by atoms with van der Waals surface area (Å²) in [6, 6.07) is 6.59. The van der Waals surface area contributed by atoms with Crippen LogP contribution in [0.1, 0.15) is 131 Å². The Morgan fingerprint density at radius 2 is 0.586 bits per heavy atom. The van der Waals surface area contributed by atoms with Gasteiger partial charge >= 0.3 is 47.8 Å². The third-order valence-electron chi connectivity index (χ3n) is 16.9. The van der Waals surface area contributed by atoms with Crippen molar-refractivity contribution < 1.29 is 198 Å².